The summed E-state index contributed by atoms with van der Waals surface area (Å²) in [5.41, 5.74) is 1.55. The molecule has 0 aliphatic rings. The lowest BCUT2D eigenvalue weighted by Crippen LogP contribution is -1.94. The van der Waals surface area contributed by atoms with Gasteiger partial charge in [0, 0.05) is 11.6 Å². The van der Waals surface area contributed by atoms with Gasteiger partial charge < -0.3 is 0 Å². The van der Waals surface area contributed by atoms with Gasteiger partial charge in [0.25, 0.3) is 5.69 Å². The second-order valence-corrected chi connectivity index (χ2v) is 3.39. The molecular weight excluding hydrogens is 202 g/mol. The number of halogens is 1. The third-order valence-corrected chi connectivity index (χ3v) is 2.28. The summed E-state index contributed by atoms with van der Waals surface area (Å²) in [5.74, 6) is 0. The summed E-state index contributed by atoms with van der Waals surface area (Å²) in [4.78, 5) is 10.1. The van der Waals surface area contributed by atoms with Gasteiger partial charge in [0.05, 0.1) is 9.95 Å². The van der Waals surface area contributed by atoms with Crippen LogP contribution in [0.4, 0.5) is 5.69 Å². The smallest absolute Gasteiger partial charge is 0.258 e. The third kappa shape index (κ3) is 2.12. The van der Waals surface area contributed by atoms with Gasteiger partial charge in [0.15, 0.2) is 0 Å². The number of nitrogens with zero attached hydrogens (tertiary/aromatic N) is 1. The summed E-state index contributed by atoms with van der Waals surface area (Å²) in [6.07, 6.45) is 2.34. The Balaban J connectivity index is 3.23. The van der Waals surface area contributed by atoms with Crippen LogP contribution in [-0.4, -0.2) is 4.92 Å². The van der Waals surface area contributed by atoms with E-state index in [9.17, 15) is 10.1 Å². The number of rotatable bonds is 3. The van der Waals surface area contributed by atoms with E-state index in [-0.39, 0.29) is 5.69 Å². The maximum absolute atomic E-state index is 10.6. The molecule has 0 atom stereocenters. The zero-order chi connectivity index (χ0) is 10.7. The molecule has 1 aromatic carbocycles. The zero-order valence-corrected chi connectivity index (χ0v) is 8.54. The Hall–Kier alpha value is -1.35. The lowest BCUT2D eigenvalue weighted by Gasteiger charge is -2.03. The molecule has 0 aromatic heterocycles. The molecule has 1 aromatic rings. The van der Waals surface area contributed by atoms with Crippen molar-refractivity contribution >= 4 is 17.3 Å². The first kappa shape index (κ1) is 10.7. The lowest BCUT2D eigenvalue weighted by molar-refractivity contribution is -0.385. The highest BCUT2D eigenvalue weighted by atomic mass is 35.5. The average Bonchev–Trinajstić information content (AvgIpc) is 2.10. The fourth-order valence-corrected chi connectivity index (χ4v) is 1.47. The van der Waals surface area contributed by atoms with Gasteiger partial charge in [-0.15, -0.1) is 6.58 Å². The number of aryl methyl sites for hydroxylation is 1. The van der Waals surface area contributed by atoms with Gasteiger partial charge in [0.2, 0.25) is 0 Å². The molecule has 0 saturated heterocycles. The van der Waals surface area contributed by atoms with Crippen LogP contribution >= 0.6 is 11.6 Å². The molecule has 0 heterocycles. The summed E-state index contributed by atoms with van der Waals surface area (Å²) >= 11 is 5.87. The molecule has 0 radical (unpaired) electrons. The molecule has 3 nitrogen and oxygen atoms in total. The molecule has 1 rings (SSSR count). The van der Waals surface area contributed by atoms with Gasteiger partial charge in [0.1, 0.15) is 0 Å². The number of nitro groups is 1. The molecule has 0 N–H and O–H groups in total. The van der Waals surface area contributed by atoms with Gasteiger partial charge in [-0.25, -0.2) is 0 Å². The second-order valence-electron chi connectivity index (χ2n) is 2.98. The average molecular weight is 212 g/mol. The minimum Gasteiger partial charge on any atom is -0.258 e. The predicted octanol–water partition coefficient (Wildman–Crippen LogP) is 3.29. The number of benzene rings is 1. The van der Waals surface area contributed by atoms with Crippen LogP contribution in [0.25, 0.3) is 0 Å². The van der Waals surface area contributed by atoms with Gasteiger partial charge in [-0.2, -0.15) is 0 Å². The van der Waals surface area contributed by atoms with Gasteiger partial charge in [-0.3, -0.25) is 10.1 Å². The van der Waals surface area contributed by atoms with Crippen molar-refractivity contribution < 1.29 is 4.92 Å². The molecule has 0 unspecified atom stereocenters. The van der Waals surface area contributed by atoms with Crippen LogP contribution in [-0.2, 0) is 6.42 Å². The van der Waals surface area contributed by atoms with E-state index < -0.39 is 4.92 Å². The van der Waals surface area contributed by atoms with E-state index in [4.69, 9.17) is 11.6 Å². The lowest BCUT2D eigenvalue weighted by atomic mass is 10.1. The fourth-order valence-electron chi connectivity index (χ4n) is 1.24. The highest BCUT2D eigenvalue weighted by Gasteiger charge is 2.13. The van der Waals surface area contributed by atoms with E-state index in [0.717, 1.165) is 5.56 Å². The van der Waals surface area contributed by atoms with E-state index >= 15 is 0 Å². The summed E-state index contributed by atoms with van der Waals surface area (Å²) in [6, 6.07) is 3.11. The highest BCUT2D eigenvalue weighted by Crippen LogP contribution is 2.26. The van der Waals surface area contributed by atoms with Crippen molar-refractivity contribution in [2.24, 2.45) is 0 Å². The van der Waals surface area contributed by atoms with Crippen molar-refractivity contribution in [2.45, 2.75) is 13.3 Å². The first-order chi connectivity index (χ1) is 6.56. The van der Waals surface area contributed by atoms with Crippen molar-refractivity contribution in [3.8, 4) is 0 Å². The van der Waals surface area contributed by atoms with Crippen molar-refractivity contribution in [3.63, 3.8) is 0 Å². The second kappa shape index (κ2) is 4.24. The first-order valence-corrected chi connectivity index (χ1v) is 4.48. The summed E-state index contributed by atoms with van der Waals surface area (Å²) in [6.45, 7) is 5.29. The Morgan fingerprint density at radius 2 is 2.29 bits per heavy atom. The van der Waals surface area contributed by atoms with Crippen molar-refractivity contribution in [1.82, 2.24) is 0 Å². The summed E-state index contributed by atoms with van der Waals surface area (Å²) < 4.78 is 0. The monoisotopic (exact) mass is 211 g/mol. The highest BCUT2D eigenvalue weighted by molar-refractivity contribution is 6.31. The topological polar surface area (TPSA) is 43.1 Å². The Morgan fingerprint density at radius 3 is 2.79 bits per heavy atom. The number of hydrogen-bond donors (Lipinski definition) is 0. The Kier molecular flexibility index (Phi) is 3.25. The fraction of sp³-hybridized carbons (Fsp3) is 0.200. The maximum Gasteiger partial charge on any atom is 0.273 e. The van der Waals surface area contributed by atoms with Crippen LogP contribution < -0.4 is 0 Å². The molecule has 0 aliphatic carbocycles. The number of hydrogen-bond acceptors (Lipinski definition) is 2. The van der Waals surface area contributed by atoms with Crippen LogP contribution in [0.5, 0.6) is 0 Å². The SMILES string of the molecule is C=CCc1cc(C)c([N+](=O)[O-])cc1Cl. The van der Waals surface area contributed by atoms with E-state index in [0.29, 0.717) is 17.0 Å². The molecule has 0 fully saturated rings. The van der Waals surface area contributed by atoms with Crippen LogP contribution in [0, 0.1) is 17.0 Å². The van der Waals surface area contributed by atoms with Crippen LogP contribution in [0.1, 0.15) is 11.1 Å². The van der Waals surface area contributed by atoms with Crippen molar-refractivity contribution in [1.29, 1.82) is 0 Å². The van der Waals surface area contributed by atoms with Gasteiger partial charge in [-0.1, -0.05) is 17.7 Å². The quantitative estimate of drug-likeness (QED) is 0.438. The zero-order valence-electron chi connectivity index (χ0n) is 7.79. The molecular formula is C10H10ClNO2. The van der Waals surface area contributed by atoms with Crippen molar-refractivity contribution in [3.05, 3.63) is 51.1 Å². The molecule has 0 aliphatic heterocycles. The van der Waals surface area contributed by atoms with Crippen LogP contribution in [0.3, 0.4) is 0 Å². The van der Waals surface area contributed by atoms with E-state index in [1.807, 2.05) is 0 Å². The summed E-state index contributed by atoms with van der Waals surface area (Å²) in [7, 11) is 0. The van der Waals surface area contributed by atoms with Crippen molar-refractivity contribution in [2.75, 3.05) is 0 Å². The molecule has 4 heteroatoms. The third-order valence-electron chi connectivity index (χ3n) is 1.93. The van der Waals surface area contributed by atoms with E-state index in [1.54, 1.807) is 19.1 Å². The molecule has 14 heavy (non-hydrogen) atoms. The maximum atomic E-state index is 10.6. The van der Waals surface area contributed by atoms with Crippen LogP contribution in [0.15, 0.2) is 24.8 Å². The summed E-state index contributed by atoms with van der Waals surface area (Å²) in [5, 5.41) is 11.0. The van der Waals surface area contributed by atoms with Crippen LogP contribution in [0.2, 0.25) is 5.02 Å². The minimum absolute atomic E-state index is 0.0582. The Bertz CT molecular complexity index is 388. The molecule has 0 amide bonds. The standard InChI is InChI=1S/C10H10ClNO2/c1-3-4-8-5-7(2)10(12(13)14)6-9(8)11/h3,5-6H,1,4H2,2H3. The number of nitro benzene ring substituents is 1. The normalized spacial score (nSPS) is 9.86. The minimum atomic E-state index is -0.432. The molecule has 74 valence electrons. The molecule has 0 saturated carbocycles. The Labute approximate surface area is 87.2 Å². The van der Waals surface area contributed by atoms with E-state index in [2.05, 4.69) is 6.58 Å². The largest absolute Gasteiger partial charge is 0.273 e. The number of allylic oxidation sites excluding steroid dienone is 1. The molecule has 0 bridgehead atoms. The van der Waals surface area contributed by atoms with E-state index in [1.165, 1.54) is 6.07 Å². The van der Waals surface area contributed by atoms with Gasteiger partial charge >= 0.3 is 0 Å². The van der Waals surface area contributed by atoms with Gasteiger partial charge in [-0.05, 0) is 25.0 Å². The predicted molar refractivity (Wildman–Crippen MR) is 56.7 cm³/mol. The first-order valence-electron chi connectivity index (χ1n) is 4.10. The molecule has 0 spiro atoms. The Morgan fingerprint density at radius 1 is 1.64 bits per heavy atom.